The van der Waals surface area contributed by atoms with Crippen LogP contribution in [0.1, 0.15) is 34.3 Å². The van der Waals surface area contributed by atoms with E-state index in [0.717, 1.165) is 16.8 Å². The van der Waals surface area contributed by atoms with E-state index in [0.29, 0.717) is 47.8 Å². The molecule has 0 aliphatic carbocycles. The smallest absolute Gasteiger partial charge is 0.296 e. The van der Waals surface area contributed by atoms with Gasteiger partial charge < -0.3 is 20.1 Å². The van der Waals surface area contributed by atoms with Gasteiger partial charge in [0.05, 0.1) is 36.8 Å². The number of nitrogen functional groups attached to an aromatic ring is 1. The molecular weight excluding hydrogens is 528 g/mol. The SMILES string of the molecule is COc1cc(N)ccc1C(=O)N1CC(OCCCOS(=O)(=O)c2ccc(C)cc2)CCc2cc(Cl)ccc21. The number of fused-ring (bicyclic) bond motifs is 1. The summed E-state index contributed by atoms with van der Waals surface area (Å²) in [5.74, 6) is 0.146. The van der Waals surface area contributed by atoms with Gasteiger partial charge in [-0.1, -0.05) is 29.3 Å². The van der Waals surface area contributed by atoms with Gasteiger partial charge in [-0.25, -0.2) is 0 Å². The van der Waals surface area contributed by atoms with Gasteiger partial charge in [0.2, 0.25) is 0 Å². The van der Waals surface area contributed by atoms with Crippen LogP contribution in [0.4, 0.5) is 11.4 Å². The number of halogens is 1. The van der Waals surface area contributed by atoms with Crippen molar-refractivity contribution < 1.29 is 26.9 Å². The third kappa shape index (κ3) is 6.66. The highest BCUT2D eigenvalue weighted by molar-refractivity contribution is 7.86. The monoisotopic (exact) mass is 558 g/mol. The third-order valence-corrected chi connectivity index (χ3v) is 7.91. The fraction of sp³-hybridized carbons (Fsp3) is 0.321. The molecule has 3 aromatic carbocycles. The standard InChI is InChI=1S/C28H31ClN2O6S/c1-19-4-10-24(11-5-19)38(33,34)37-15-3-14-36-23-9-6-20-16-21(29)7-13-26(20)31(18-23)28(32)25-12-8-22(30)17-27(25)35-2/h4-5,7-8,10-13,16-17,23H,3,6,9,14-15,18,30H2,1-2H3. The summed E-state index contributed by atoms with van der Waals surface area (Å²) in [4.78, 5) is 15.5. The van der Waals surface area contributed by atoms with E-state index in [1.165, 1.54) is 19.2 Å². The van der Waals surface area contributed by atoms with Crippen LogP contribution in [0.5, 0.6) is 5.75 Å². The predicted octanol–water partition coefficient (Wildman–Crippen LogP) is 5.01. The summed E-state index contributed by atoms with van der Waals surface area (Å²) in [5.41, 5.74) is 9.43. The molecule has 1 amide bonds. The maximum atomic E-state index is 13.7. The van der Waals surface area contributed by atoms with E-state index < -0.39 is 10.1 Å². The highest BCUT2D eigenvalue weighted by Gasteiger charge is 2.29. The van der Waals surface area contributed by atoms with E-state index in [9.17, 15) is 13.2 Å². The number of amides is 1. The molecule has 1 unspecified atom stereocenters. The maximum Gasteiger partial charge on any atom is 0.296 e. The predicted molar refractivity (Wildman–Crippen MR) is 148 cm³/mol. The van der Waals surface area contributed by atoms with Crippen LogP contribution in [-0.2, 0) is 25.5 Å². The van der Waals surface area contributed by atoms with Gasteiger partial charge in [0.25, 0.3) is 16.0 Å². The minimum atomic E-state index is -3.83. The Morgan fingerprint density at radius 1 is 1.08 bits per heavy atom. The lowest BCUT2D eigenvalue weighted by molar-refractivity contribution is 0.0454. The molecule has 8 nitrogen and oxygen atoms in total. The number of rotatable bonds is 9. The molecule has 0 radical (unpaired) electrons. The molecule has 0 fully saturated rings. The van der Waals surface area contributed by atoms with Gasteiger partial charge in [0, 0.05) is 29.1 Å². The van der Waals surface area contributed by atoms with Crippen LogP contribution in [0.15, 0.2) is 65.6 Å². The number of carbonyl (C=O) groups excluding carboxylic acids is 1. The fourth-order valence-electron chi connectivity index (χ4n) is 4.34. The van der Waals surface area contributed by atoms with Crippen molar-refractivity contribution in [2.24, 2.45) is 0 Å². The van der Waals surface area contributed by atoms with Crippen molar-refractivity contribution >= 4 is 39.0 Å². The summed E-state index contributed by atoms with van der Waals surface area (Å²) >= 11 is 6.25. The normalized spacial score (nSPS) is 15.6. The first-order valence-corrected chi connectivity index (χ1v) is 14.1. The zero-order valence-electron chi connectivity index (χ0n) is 21.4. The molecule has 0 aromatic heterocycles. The Labute approximate surface area is 228 Å². The molecule has 0 saturated carbocycles. The number of ether oxygens (including phenoxy) is 2. The average molecular weight is 559 g/mol. The molecule has 2 N–H and O–H groups in total. The first-order valence-electron chi connectivity index (χ1n) is 12.3. The van der Waals surface area contributed by atoms with E-state index in [-0.39, 0.29) is 30.1 Å². The maximum absolute atomic E-state index is 13.7. The largest absolute Gasteiger partial charge is 0.496 e. The molecule has 1 atom stereocenters. The Morgan fingerprint density at radius 2 is 1.84 bits per heavy atom. The molecule has 1 aliphatic heterocycles. The fourth-order valence-corrected chi connectivity index (χ4v) is 5.47. The quantitative estimate of drug-likeness (QED) is 0.223. The summed E-state index contributed by atoms with van der Waals surface area (Å²) < 4.78 is 41.5. The number of hydrogen-bond acceptors (Lipinski definition) is 7. The summed E-state index contributed by atoms with van der Waals surface area (Å²) in [5, 5.41) is 0.590. The summed E-state index contributed by atoms with van der Waals surface area (Å²) in [6, 6.07) is 16.9. The Kier molecular flexibility index (Phi) is 8.94. The molecule has 1 heterocycles. The van der Waals surface area contributed by atoms with Crippen molar-refractivity contribution in [2.45, 2.75) is 37.2 Å². The number of aryl methyl sites for hydroxylation is 2. The number of nitrogens with zero attached hydrogens (tertiary/aromatic N) is 1. The minimum Gasteiger partial charge on any atom is -0.496 e. The molecule has 4 rings (SSSR count). The minimum absolute atomic E-state index is 0.00988. The highest BCUT2D eigenvalue weighted by atomic mass is 35.5. The molecular formula is C28H31ClN2O6S. The number of anilines is 2. The average Bonchev–Trinajstić information content (AvgIpc) is 3.07. The zero-order valence-corrected chi connectivity index (χ0v) is 22.9. The van der Waals surface area contributed by atoms with Crippen molar-refractivity contribution in [1.29, 1.82) is 0 Å². The van der Waals surface area contributed by atoms with Crippen molar-refractivity contribution in [3.8, 4) is 5.75 Å². The Hall–Kier alpha value is -3.11. The van der Waals surface area contributed by atoms with Crippen LogP contribution in [0.25, 0.3) is 0 Å². The second kappa shape index (κ2) is 12.2. The molecule has 3 aromatic rings. The molecule has 1 aliphatic rings. The molecule has 202 valence electrons. The van der Waals surface area contributed by atoms with Gasteiger partial charge in [-0.05, 0) is 74.2 Å². The van der Waals surface area contributed by atoms with Crippen LogP contribution >= 0.6 is 11.6 Å². The molecule has 10 heteroatoms. The second-order valence-electron chi connectivity index (χ2n) is 9.12. The van der Waals surface area contributed by atoms with Gasteiger partial charge >= 0.3 is 0 Å². The summed E-state index contributed by atoms with van der Waals surface area (Å²) in [6.07, 6.45) is 1.43. The van der Waals surface area contributed by atoms with Crippen molar-refractivity contribution in [2.75, 3.05) is 37.5 Å². The van der Waals surface area contributed by atoms with Gasteiger partial charge in [-0.2, -0.15) is 8.42 Å². The molecule has 0 spiro atoms. The van der Waals surface area contributed by atoms with Crippen LogP contribution < -0.4 is 15.4 Å². The number of methoxy groups -OCH3 is 1. The first-order chi connectivity index (χ1) is 18.2. The van der Waals surface area contributed by atoms with Crippen LogP contribution in [0, 0.1) is 6.92 Å². The Morgan fingerprint density at radius 3 is 2.58 bits per heavy atom. The van der Waals surface area contributed by atoms with Crippen LogP contribution in [0.3, 0.4) is 0 Å². The number of benzene rings is 3. The summed E-state index contributed by atoms with van der Waals surface area (Å²) in [7, 11) is -2.34. The molecule has 0 saturated heterocycles. The van der Waals surface area contributed by atoms with Gasteiger partial charge in [0.15, 0.2) is 0 Å². The van der Waals surface area contributed by atoms with Crippen molar-refractivity contribution in [3.05, 3.63) is 82.4 Å². The van der Waals surface area contributed by atoms with E-state index in [1.807, 2.05) is 19.1 Å². The molecule has 38 heavy (non-hydrogen) atoms. The Bertz CT molecular complexity index is 1390. The second-order valence-corrected chi connectivity index (χ2v) is 11.2. The van der Waals surface area contributed by atoms with Gasteiger partial charge in [0.1, 0.15) is 5.75 Å². The van der Waals surface area contributed by atoms with Gasteiger partial charge in [-0.3, -0.25) is 8.98 Å². The topological polar surface area (TPSA) is 108 Å². The van der Waals surface area contributed by atoms with E-state index in [1.54, 1.807) is 41.3 Å². The lowest BCUT2D eigenvalue weighted by atomic mass is 10.1. The lowest BCUT2D eigenvalue weighted by Gasteiger charge is -2.27. The number of hydrogen-bond donors (Lipinski definition) is 1. The van der Waals surface area contributed by atoms with E-state index >= 15 is 0 Å². The van der Waals surface area contributed by atoms with Gasteiger partial charge in [-0.15, -0.1) is 0 Å². The zero-order chi connectivity index (χ0) is 27.3. The summed E-state index contributed by atoms with van der Waals surface area (Å²) in [6.45, 7) is 2.46. The van der Waals surface area contributed by atoms with Crippen LogP contribution in [-0.4, -0.2) is 47.3 Å². The van der Waals surface area contributed by atoms with E-state index in [4.69, 9.17) is 31.0 Å². The molecule has 0 bridgehead atoms. The Balaban J connectivity index is 1.42. The highest BCUT2D eigenvalue weighted by Crippen LogP contribution is 2.33. The van der Waals surface area contributed by atoms with E-state index in [2.05, 4.69) is 0 Å². The first kappa shape index (κ1) is 27.9. The van der Waals surface area contributed by atoms with Crippen LogP contribution in [0.2, 0.25) is 5.02 Å². The number of carbonyl (C=O) groups is 1. The van der Waals surface area contributed by atoms with Crippen molar-refractivity contribution in [1.82, 2.24) is 0 Å². The third-order valence-electron chi connectivity index (χ3n) is 6.35. The number of nitrogens with two attached hydrogens (primary N) is 1. The lowest BCUT2D eigenvalue weighted by Crippen LogP contribution is -2.38. The van der Waals surface area contributed by atoms with Crippen molar-refractivity contribution in [3.63, 3.8) is 0 Å².